The number of methoxy groups -OCH3 is 2. The predicted octanol–water partition coefficient (Wildman–Crippen LogP) is 2.44. The Morgan fingerprint density at radius 2 is 1.62 bits per heavy atom. The second-order valence-electron chi connectivity index (χ2n) is 5.34. The first-order chi connectivity index (χ1) is 12.5. The van der Waals surface area contributed by atoms with Crippen LogP contribution in [0.3, 0.4) is 0 Å². The number of carbonyl (C=O) groups is 2. The van der Waals surface area contributed by atoms with Crippen molar-refractivity contribution in [1.82, 2.24) is 5.32 Å². The molecule has 26 heavy (non-hydrogen) atoms. The molecular formula is C20H20N2O4. The average molecular weight is 352 g/mol. The Labute approximate surface area is 152 Å². The molecule has 0 heterocycles. The fourth-order valence-electron chi connectivity index (χ4n) is 2.15. The fraction of sp³-hybridized carbons (Fsp3) is 0.200. The van der Waals surface area contributed by atoms with E-state index in [2.05, 4.69) is 22.5 Å². The molecule has 0 aliphatic carbocycles. The van der Waals surface area contributed by atoms with E-state index in [-0.39, 0.29) is 18.4 Å². The van der Waals surface area contributed by atoms with Crippen molar-refractivity contribution in [3.05, 3.63) is 53.6 Å². The summed E-state index contributed by atoms with van der Waals surface area (Å²) in [6.07, 6.45) is 0. The Hall–Kier alpha value is -3.46. The Kier molecular flexibility index (Phi) is 6.63. The molecule has 2 N–H and O–H groups in total. The number of hydrogen-bond donors (Lipinski definition) is 2. The first-order valence-corrected chi connectivity index (χ1v) is 7.89. The van der Waals surface area contributed by atoms with E-state index in [0.29, 0.717) is 22.7 Å². The Morgan fingerprint density at radius 1 is 1.00 bits per heavy atom. The van der Waals surface area contributed by atoms with E-state index in [1.54, 1.807) is 42.5 Å². The van der Waals surface area contributed by atoms with Gasteiger partial charge >= 0.3 is 0 Å². The maximum absolute atomic E-state index is 12.2. The molecule has 0 fully saturated rings. The van der Waals surface area contributed by atoms with E-state index in [1.165, 1.54) is 21.1 Å². The van der Waals surface area contributed by atoms with E-state index >= 15 is 0 Å². The van der Waals surface area contributed by atoms with Crippen LogP contribution in [0, 0.1) is 11.8 Å². The van der Waals surface area contributed by atoms with E-state index < -0.39 is 0 Å². The van der Waals surface area contributed by atoms with Crippen LogP contribution >= 0.6 is 0 Å². The zero-order valence-corrected chi connectivity index (χ0v) is 14.9. The summed E-state index contributed by atoms with van der Waals surface area (Å²) in [4.78, 5) is 23.2. The van der Waals surface area contributed by atoms with Crippen LogP contribution in [0.25, 0.3) is 0 Å². The summed E-state index contributed by atoms with van der Waals surface area (Å²) in [7, 11) is 3.05. The first-order valence-electron chi connectivity index (χ1n) is 7.89. The number of nitrogens with one attached hydrogen (secondary N) is 2. The normalized spacial score (nSPS) is 9.50. The van der Waals surface area contributed by atoms with Crippen molar-refractivity contribution in [3.63, 3.8) is 0 Å². The number of carbonyl (C=O) groups excluding carboxylic acids is 2. The Balaban J connectivity index is 1.95. The van der Waals surface area contributed by atoms with Gasteiger partial charge in [0.25, 0.3) is 5.91 Å². The van der Waals surface area contributed by atoms with Crippen molar-refractivity contribution in [2.75, 3.05) is 26.1 Å². The van der Waals surface area contributed by atoms with Crippen molar-refractivity contribution in [2.24, 2.45) is 0 Å². The SMILES string of the molecule is COc1cc(OC)cc(C(=O)NCC#Cc2ccc(NC(C)=O)cc2)c1. The van der Waals surface area contributed by atoms with Gasteiger partial charge in [-0.05, 0) is 36.4 Å². The zero-order valence-electron chi connectivity index (χ0n) is 14.9. The second-order valence-corrected chi connectivity index (χ2v) is 5.34. The summed E-state index contributed by atoms with van der Waals surface area (Å²) >= 11 is 0. The number of benzene rings is 2. The molecule has 0 aliphatic rings. The topological polar surface area (TPSA) is 76.7 Å². The Morgan fingerprint density at radius 3 is 2.15 bits per heavy atom. The van der Waals surface area contributed by atoms with E-state index in [4.69, 9.17) is 9.47 Å². The van der Waals surface area contributed by atoms with Gasteiger partial charge in [0.2, 0.25) is 5.91 Å². The van der Waals surface area contributed by atoms with Crippen LogP contribution in [0.1, 0.15) is 22.8 Å². The first kappa shape index (κ1) is 18.9. The third-order valence-corrected chi connectivity index (χ3v) is 3.39. The van der Waals surface area contributed by atoms with Gasteiger partial charge < -0.3 is 20.1 Å². The van der Waals surface area contributed by atoms with Gasteiger partial charge in [0.1, 0.15) is 11.5 Å². The monoisotopic (exact) mass is 352 g/mol. The largest absolute Gasteiger partial charge is 0.497 e. The quantitative estimate of drug-likeness (QED) is 0.811. The van der Waals surface area contributed by atoms with Crippen LogP contribution in [0.2, 0.25) is 0 Å². The molecule has 6 nitrogen and oxygen atoms in total. The molecule has 0 saturated heterocycles. The minimum Gasteiger partial charge on any atom is -0.497 e. The van der Waals surface area contributed by atoms with Crippen LogP contribution in [0.5, 0.6) is 11.5 Å². The van der Waals surface area contributed by atoms with Gasteiger partial charge in [0, 0.05) is 29.8 Å². The van der Waals surface area contributed by atoms with Gasteiger partial charge in [-0.1, -0.05) is 11.8 Å². The molecule has 2 amide bonds. The lowest BCUT2D eigenvalue weighted by Gasteiger charge is -2.08. The molecule has 2 aromatic rings. The maximum atomic E-state index is 12.2. The summed E-state index contributed by atoms with van der Waals surface area (Å²) < 4.78 is 10.3. The standard InChI is InChI=1S/C20H20N2O4/c1-14(23)22-17-8-6-15(7-9-17)5-4-10-21-20(24)16-11-18(25-2)13-19(12-16)26-3/h6-9,11-13H,10H2,1-3H3,(H,21,24)(H,22,23). The predicted molar refractivity (Wildman–Crippen MR) is 99.5 cm³/mol. The Bertz CT molecular complexity index is 826. The van der Waals surface area contributed by atoms with E-state index in [0.717, 1.165) is 5.56 Å². The lowest BCUT2D eigenvalue weighted by Crippen LogP contribution is -2.23. The fourth-order valence-corrected chi connectivity index (χ4v) is 2.15. The van der Waals surface area contributed by atoms with Crippen molar-refractivity contribution in [2.45, 2.75) is 6.92 Å². The van der Waals surface area contributed by atoms with Crippen LogP contribution in [-0.2, 0) is 4.79 Å². The van der Waals surface area contributed by atoms with Crippen molar-refractivity contribution in [1.29, 1.82) is 0 Å². The molecule has 0 spiro atoms. The molecule has 2 rings (SSSR count). The number of anilines is 1. The highest BCUT2D eigenvalue weighted by atomic mass is 16.5. The lowest BCUT2D eigenvalue weighted by molar-refractivity contribution is -0.114. The molecule has 0 aliphatic heterocycles. The third kappa shape index (κ3) is 5.56. The molecule has 6 heteroatoms. The minimum absolute atomic E-state index is 0.124. The van der Waals surface area contributed by atoms with Gasteiger partial charge in [-0.2, -0.15) is 0 Å². The minimum atomic E-state index is -0.266. The van der Waals surface area contributed by atoms with Crippen LogP contribution in [0.4, 0.5) is 5.69 Å². The molecular weight excluding hydrogens is 332 g/mol. The van der Waals surface area contributed by atoms with Gasteiger partial charge in [-0.3, -0.25) is 9.59 Å². The third-order valence-electron chi connectivity index (χ3n) is 3.39. The van der Waals surface area contributed by atoms with Crippen molar-refractivity contribution < 1.29 is 19.1 Å². The molecule has 0 saturated carbocycles. The molecule has 2 aromatic carbocycles. The highest BCUT2D eigenvalue weighted by Crippen LogP contribution is 2.22. The zero-order chi connectivity index (χ0) is 18.9. The second kappa shape index (κ2) is 9.14. The van der Waals surface area contributed by atoms with Gasteiger partial charge in [-0.15, -0.1) is 0 Å². The lowest BCUT2D eigenvalue weighted by atomic mass is 10.2. The van der Waals surface area contributed by atoms with Crippen LogP contribution < -0.4 is 20.1 Å². The molecule has 0 aromatic heterocycles. The average Bonchev–Trinajstić information content (AvgIpc) is 2.65. The molecule has 134 valence electrons. The highest BCUT2D eigenvalue weighted by Gasteiger charge is 2.08. The molecule has 0 radical (unpaired) electrons. The van der Waals surface area contributed by atoms with Crippen molar-refractivity contribution >= 4 is 17.5 Å². The van der Waals surface area contributed by atoms with E-state index in [9.17, 15) is 9.59 Å². The van der Waals surface area contributed by atoms with Gasteiger partial charge in [-0.25, -0.2) is 0 Å². The van der Waals surface area contributed by atoms with Gasteiger partial charge in [0.05, 0.1) is 20.8 Å². The summed E-state index contributed by atoms with van der Waals surface area (Å²) in [5.74, 6) is 6.53. The van der Waals surface area contributed by atoms with Crippen LogP contribution in [-0.4, -0.2) is 32.6 Å². The summed E-state index contributed by atoms with van der Waals surface area (Å²) in [5, 5.41) is 5.42. The molecule has 0 bridgehead atoms. The summed E-state index contributed by atoms with van der Waals surface area (Å²) in [6.45, 7) is 1.65. The smallest absolute Gasteiger partial charge is 0.252 e. The van der Waals surface area contributed by atoms with Crippen molar-refractivity contribution in [3.8, 4) is 23.3 Å². The van der Waals surface area contributed by atoms with Gasteiger partial charge in [0.15, 0.2) is 0 Å². The number of ether oxygens (including phenoxy) is 2. The van der Waals surface area contributed by atoms with E-state index in [1.807, 2.05) is 0 Å². The number of rotatable bonds is 5. The summed E-state index contributed by atoms with van der Waals surface area (Å²) in [6, 6.07) is 12.1. The molecule has 0 atom stereocenters. The molecule has 0 unspecified atom stereocenters. The number of hydrogen-bond acceptors (Lipinski definition) is 4. The number of amides is 2. The highest BCUT2D eigenvalue weighted by molar-refractivity contribution is 5.95. The maximum Gasteiger partial charge on any atom is 0.252 e. The summed E-state index contributed by atoms with van der Waals surface area (Å²) in [5.41, 5.74) is 1.93. The van der Waals surface area contributed by atoms with Crippen LogP contribution in [0.15, 0.2) is 42.5 Å².